The van der Waals surface area contributed by atoms with Gasteiger partial charge in [-0.15, -0.1) is 22.7 Å². The first-order valence-electron chi connectivity index (χ1n) is 14.4. The number of hydrogen-bond donors (Lipinski definition) is 2. The van der Waals surface area contributed by atoms with Crippen LogP contribution < -0.4 is 0 Å². The van der Waals surface area contributed by atoms with E-state index in [9.17, 15) is 31.1 Å². The molecular weight excluding hydrogens is 650 g/mol. The Labute approximate surface area is 273 Å². The van der Waals surface area contributed by atoms with Crippen LogP contribution in [-0.4, -0.2) is 32.8 Å². The summed E-state index contributed by atoms with van der Waals surface area (Å²) in [5.74, 6) is -0.939. The van der Waals surface area contributed by atoms with Crippen molar-refractivity contribution in [2.24, 2.45) is 0 Å². The van der Waals surface area contributed by atoms with Gasteiger partial charge in [0.25, 0.3) is 0 Å². The number of aryl methyl sites for hydroxylation is 2. The number of aliphatic hydroxyl groups is 1. The lowest BCUT2D eigenvalue weighted by Gasteiger charge is -2.06. The Kier molecular flexibility index (Phi) is 14.9. The van der Waals surface area contributed by atoms with Crippen LogP contribution in [0.3, 0.4) is 0 Å². The quantitative estimate of drug-likeness (QED) is 0.145. The van der Waals surface area contributed by atoms with Crippen LogP contribution in [-0.2, 0) is 42.8 Å². The Morgan fingerprint density at radius 2 is 1.09 bits per heavy atom. The van der Waals surface area contributed by atoms with Crippen molar-refractivity contribution in [2.75, 3.05) is 6.61 Å². The summed E-state index contributed by atoms with van der Waals surface area (Å²) in [5, 5.41) is 19.4. The zero-order valence-electron chi connectivity index (χ0n) is 24.8. The first-order valence-corrected chi connectivity index (χ1v) is 16.0. The minimum atomic E-state index is -4.37. The number of carboxylic acid groups (broad SMARTS) is 1. The molecule has 0 bridgehead atoms. The molecule has 2 N–H and O–H groups in total. The van der Waals surface area contributed by atoms with E-state index in [0.29, 0.717) is 38.9 Å². The lowest BCUT2D eigenvalue weighted by Crippen LogP contribution is -2.03. The number of unbranched alkanes of at least 4 members (excludes halogenated alkanes) is 2. The Morgan fingerprint density at radius 3 is 1.43 bits per heavy atom. The summed E-state index contributed by atoms with van der Waals surface area (Å²) in [4.78, 5) is 21.6. The normalized spacial score (nSPS) is 11.5. The molecule has 2 heterocycles. The minimum absolute atomic E-state index is 0. The second kappa shape index (κ2) is 17.6. The lowest BCUT2D eigenvalue weighted by molar-refractivity contribution is -0.138. The average Bonchev–Trinajstić information content (AvgIpc) is 3.58. The fourth-order valence-corrected chi connectivity index (χ4v) is 6.47. The van der Waals surface area contributed by atoms with Crippen molar-refractivity contribution in [3.05, 3.63) is 80.8 Å². The molecule has 4 rings (SSSR count). The predicted molar refractivity (Wildman–Crippen MR) is 171 cm³/mol. The molecule has 0 aliphatic carbocycles. The lowest BCUT2D eigenvalue weighted by atomic mass is 10.1. The zero-order valence-corrected chi connectivity index (χ0v) is 26.4. The van der Waals surface area contributed by atoms with Crippen LogP contribution >= 0.6 is 22.7 Å². The third kappa shape index (κ3) is 11.2. The van der Waals surface area contributed by atoms with Crippen LogP contribution in [0.15, 0.2) is 48.5 Å². The smallest absolute Gasteiger partial charge is 0.416 e. The number of aromatic nitrogens is 2. The molecule has 0 aliphatic heterocycles. The maximum absolute atomic E-state index is 12.6. The summed E-state index contributed by atoms with van der Waals surface area (Å²) in [5.41, 5.74) is 1.56. The van der Waals surface area contributed by atoms with Gasteiger partial charge in [-0.25, -0.2) is 9.97 Å². The van der Waals surface area contributed by atoms with Gasteiger partial charge in [0.1, 0.15) is 10.0 Å². The van der Waals surface area contributed by atoms with E-state index >= 15 is 0 Å². The molecule has 0 saturated heterocycles. The third-order valence-electron chi connectivity index (χ3n) is 6.66. The molecule has 2 aromatic heterocycles. The van der Waals surface area contributed by atoms with Gasteiger partial charge in [0, 0.05) is 33.9 Å². The molecule has 13 heteroatoms. The predicted octanol–water partition coefficient (Wildman–Crippen LogP) is 10.1. The monoisotopic (exact) mass is 688 g/mol. The highest BCUT2D eigenvalue weighted by Crippen LogP contribution is 2.35. The highest BCUT2D eigenvalue weighted by Gasteiger charge is 2.31. The number of carbonyl (C=O) groups is 1. The Hall–Kier alpha value is -3.29. The maximum atomic E-state index is 12.6. The molecule has 0 spiro atoms. The van der Waals surface area contributed by atoms with Crippen molar-refractivity contribution in [3.8, 4) is 21.1 Å². The number of benzene rings is 2. The van der Waals surface area contributed by atoms with Crippen molar-refractivity contribution in [1.82, 2.24) is 9.97 Å². The van der Waals surface area contributed by atoms with Gasteiger partial charge in [-0.05, 0) is 49.9 Å². The average molecular weight is 689 g/mol. The van der Waals surface area contributed by atoms with Crippen molar-refractivity contribution >= 4 is 28.6 Å². The molecule has 0 fully saturated rings. The Bertz CT molecular complexity index is 1510. The van der Waals surface area contributed by atoms with Crippen molar-refractivity contribution in [2.45, 2.75) is 85.0 Å². The van der Waals surface area contributed by atoms with E-state index < -0.39 is 29.4 Å². The third-order valence-corrected chi connectivity index (χ3v) is 9.01. The van der Waals surface area contributed by atoms with E-state index in [1.165, 1.54) is 46.9 Å². The molecule has 0 radical (unpaired) electrons. The minimum Gasteiger partial charge on any atom is -0.481 e. The van der Waals surface area contributed by atoms with Crippen LogP contribution in [0.4, 0.5) is 26.3 Å². The number of halogens is 6. The van der Waals surface area contributed by atoms with Crippen LogP contribution in [0, 0.1) is 0 Å². The fraction of sp³-hybridized carbons (Fsp3) is 0.424. The van der Waals surface area contributed by atoms with Gasteiger partial charge >= 0.3 is 18.3 Å². The van der Waals surface area contributed by atoms with Gasteiger partial charge < -0.3 is 10.2 Å². The van der Waals surface area contributed by atoms with E-state index in [4.69, 9.17) is 10.2 Å². The molecule has 0 saturated carbocycles. The second-order valence-corrected chi connectivity index (χ2v) is 12.3. The highest BCUT2D eigenvalue weighted by atomic mass is 32.1. The van der Waals surface area contributed by atoms with E-state index in [1.54, 1.807) is 0 Å². The number of thiazole rings is 2. The number of hydrogen-bond acceptors (Lipinski definition) is 6. The van der Waals surface area contributed by atoms with E-state index in [-0.39, 0.29) is 20.5 Å². The van der Waals surface area contributed by atoms with Crippen molar-refractivity contribution in [1.29, 1.82) is 0 Å². The Morgan fingerprint density at radius 1 is 0.696 bits per heavy atom. The van der Waals surface area contributed by atoms with E-state index in [0.717, 1.165) is 72.6 Å². The number of aliphatic hydroxyl groups excluding tert-OH is 1. The summed E-state index contributed by atoms with van der Waals surface area (Å²) >= 11 is 2.68. The van der Waals surface area contributed by atoms with Crippen molar-refractivity contribution < 1.29 is 41.4 Å². The summed E-state index contributed by atoms with van der Waals surface area (Å²) in [7, 11) is 0. The summed E-state index contributed by atoms with van der Waals surface area (Å²) in [6.07, 6.45) is -2.85. The molecule has 0 amide bonds. The molecule has 46 heavy (non-hydrogen) atoms. The second-order valence-electron chi connectivity index (χ2n) is 10.2. The molecule has 2 aromatic carbocycles. The van der Waals surface area contributed by atoms with Gasteiger partial charge in [0.2, 0.25) is 0 Å². The van der Waals surface area contributed by atoms with Gasteiger partial charge in [-0.1, -0.05) is 58.4 Å². The molecule has 0 unspecified atom stereocenters. The SMILES string of the molecule is C.CCCCc1nc(-c2ccc(C(F)(F)F)cc2)sc1CC(=O)O.CCCCc1nc(-c2ccc(C(F)(F)F)cc2)sc1CCO. The molecular formula is C33H38F6N2O3S2. The number of aliphatic carboxylic acids is 1. The number of carboxylic acids is 1. The number of rotatable bonds is 12. The van der Waals surface area contributed by atoms with Gasteiger partial charge in [0.05, 0.1) is 28.9 Å². The molecule has 0 atom stereocenters. The van der Waals surface area contributed by atoms with Crippen molar-refractivity contribution in [3.63, 3.8) is 0 Å². The first-order chi connectivity index (χ1) is 21.3. The van der Waals surface area contributed by atoms with Crippen LogP contribution in [0.1, 0.15) is 79.2 Å². The topological polar surface area (TPSA) is 83.3 Å². The van der Waals surface area contributed by atoms with Gasteiger partial charge in [-0.2, -0.15) is 26.3 Å². The fourth-order valence-electron chi connectivity index (χ4n) is 4.27. The van der Waals surface area contributed by atoms with Crippen LogP contribution in [0.5, 0.6) is 0 Å². The van der Waals surface area contributed by atoms with Gasteiger partial charge in [-0.3, -0.25) is 4.79 Å². The summed E-state index contributed by atoms with van der Waals surface area (Å²) < 4.78 is 75.6. The molecule has 5 nitrogen and oxygen atoms in total. The number of alkyl halides is 6. The highest BCUT2D eigenvalue weighted by molar-refractivity contribution is 7.15. The molecule has 4 aromatic rings. The van der Waals surface area contributed by atoms with E-state index in [1.807, 2.05) is 6.92 Å². The maximum Gasteiger partial charge on any atom is 0.416 e. The van der Waals surface area contributed by atoms with Crippen LogP contribution in [0.2, 0.25) is 0 Å². The zero-order chi connectivity index (χ0) is 33.2. The summed E-state index contributed by atoms with van der Waals surface area (Å²) in [6.45, 7) is 4.17. The summed E-state index contributed by atoms with van der Waals surface area (Å²) in [6, 6.07) is 9.83. The Balaban J connectivity index is 0.000000314. The number of nitrogens with zero attached hydrogens (tertiary/aromatic N) is 2. The molecule has 0 aliphatic rings. The standard InChI is InChI=1S/C16H16F3NO2S.C16H18F3NOS.CH4/c1-2-3-4-12-13(9-14(21)22)23-15(20-12)10-5-7-11(8-6-10)16(17,18)19;1-2-3-4-13-14(9-10-21)22-15(20-13)11-5-7-12(8-6-11)16(17,18)19;/h5-8H,2-4,9H2,1H3,(H,21,22);5-8,21H,2-4,9-10H2,1H3;1H4. The molecule has 252 valence electrons. The van der Waals surface area contributed by atoms with E-state index in [2.05, 4.69) is 16.9 Å². The largest absolute Gasteiger partial charge is 0.481 e. The van der Waals surface area contributed by atoms with Crippen LogP contribution in [0.25, 0.3) is 21.1 Å². The van der Waals surface area contributed by atoms with Gasteiger partial charge in [0.15, 0.2) is 0 Å². The first kappa shape index (κ1) is 38.9.